The van der Waals surface area contributed by atoms with Crippen LogP contribution < -0.4 is 10.1 Å². The van der Waals surface area contributed by atoms with Crippen molar-refractivity contribution in [2.24, 2.45) is 0 Å². The van der Waals surface area contributed by atoms with Gasteiger partial charge in [-0.15, -0.1) is 0 Å². The van der Waals surface area contributed by atoms with E-state index < -0.39 is 5.97 Å². The molecule has 0 aliphatic rings. The van der Waals surface area contributed by atoms with Crippen molar-refractivity contribution in [1.29, 1.82) is 0 Å². The molecule has 5 nitrogen and oxygen atoms in total. The number of hydrogen-bond acceptors (Lipinski definition) is 4. The Kier molecular flexibility index (Phi) is 5.61. The number of rotatable bonds is 6. The first kappa shape index (κ1) is 18.0. The van der Waals surface area contributed by atoms with Gasteiger partial charge in [0.05, 0.1) is 10.7 Å². The van der Waals surface area contributed by atoms with Gasteiger partial charge in [-0.2, -0.15) is 0 Å². The Balaban J connectivity index is 1.87. The molecule has 0 radical (unpaired) electrons. The molecule has 0 fully saturated rings. The molecule has 1 aromatic heterocycles. The summed E-state index contributed by atoms with van der Waals surface area (Å²) in [7, 11) is 0. The van der Waals surface area contributed by atoms with E-state index in [0.29, 0.717) is 23.1 Å². The molecule has 2 N–H and O–H groups in total. The average molecular weight is 389 g/mol. The molecule has 132 valence electrons. The highest BCUT2D eigenvalue weighted by atomic mass is 35.5. The molecule has 0 unspecified atom stereocenters. The van der Waals surface area contributed by atoms with Crippen LogP contribution >= 0.6 is 23.2 Å². The molecular formula is C19H14Cl2N2O3. The quantitative estimate of drug-likeness (QED) is 0.590. The van der Waals surface area contributed by atoms with Gasteiger partial charge in [-0.05, 0) is 29.8 Å². The van der Waals surface area contributed by atoms with Gasteiger partial charge in [0.2, 0.25) is 0 Å². The predicted octanol–water partition coefficient (Wildman–Crippen LogP) is 5.41. The summed E-state index contributed by atoms with van der Waals surface area (Å²) in [6, 6.07) is 15.9. The maximum absolute atomic E-state index is 11.3. The third-order valence-electron chi connectivity index (χ3n) is 3.57. The minimum Gasteiger partial charge on any atom is -0.487 e. The number of nitrogens with zero attached hydrogens (tertiary/aromatic N) is 1. The number of halogens is 2. The summed E-state index contributed by atoms with van der Waals surface area (Å²) in [5, 5.41) is 12.7. The smallest absolute Gasteiger partial charge is 0.339 e. The Bertz CT molecular complexity index is 933. The zero-order valence-corrected chi connectivity index (χ0v) is 15.0. The van der Waals surface area contributed by atoms with Crippen molar-refractivity contribution in [3.8, 4) is 5.75 Å². The molecule has 0 saturated heterocycles. The summed E-state index contributed by atoms with van der Waals surface area (Å²) in [4.78, 5) is 15.4. The van der Waals surface area contributed by atoms with Gasteiger partial charge in [-0.3, -0.25) is 0 Å². The van der Waals surface area contributed by atoms with Crippen molar-refractivity contribution in [2.75, 3.05) is 5.32 Å². The second-order valence-electron chi connectivity index (χ2n) is 5.34. The first-order valence-electron chi connectivity index (χ1n) is 7.66. The molecule has 0 bridgehead atoms. The van der Waals surface area contributed by atoms with Crippen LogP contribution in [0.25, 0.3) is 0 Å². The Hall–Kier alpha value is -2.76. The van der Waals surface area contributed by atoms with E-state index in [0.717, 1.165) is 5.56 Å². The van der Waals surface area contributed by atoms with Crippen LogP contribution in [-0.2, 0) is 6.61 Å². The van der Waals surface area contributed by atoms with E-state index >= 15 is 0 Å². The first-order valence-corrected chi connectivity index (χ1v) is 8.42. The molecule has 3 rings (SSSR count). The average Bonchev–Trinajstić information content (AvgIpc) is 2.65. The maximum Gasteiger partial charge on any atom is 0.339 e. The lowest BCUT2D eigenvalue weighted by Gasteiger charge is -2.15. The molecule has 26 heavy (non-hydrogen) atoms. The number of carbonyl (C=O) groups is 1. The van der Waals surface area contributed by atoms with E-state index in [9.17, 15) is 9.90 Å². The fourth-order valence-corrected chi connectivity index (χ4v) is 2.81. The van der Waals surface area contributed by atoms with E-state index in [1.165, 1.54) is 18.3 Å². The minimum atomic E-state index is -1.11. The Labute approximate surface area is 160 Å². The van der Waals surface area contributed by atoms with Crippen molar-refractivity contribution >= 4 is 40.7 Å². The highest BCUT2D eigenvalue weighted by molar-refractivity contribution is 6.40. The van der Waals surface area contributed by atoms with Crippen molar-refractivity contribution < 1.29 is 14.6 Å². The summed E-state index contributed by atoms with van der Waals surface area (Å²) in [5.41, 5.74) is 1.33. The number of benzene rings is 2. The fourth-order valence-electron chi connectivity index (χ4n) is 2.29. The third kappa shape index (κ3) is 4.07. The number of anilines is 2. The SMILES string of the molecule is O=C(O)c1cccnc1Nc1c(Cl)ccc(OCc2ccccc2)c1Cl. The molecule has 2 aromatic carbocycles. The molecule has 0 aliphatic carbocycles. The number of hydrogen-bond donors (Lipinski definition) is 2. The van der Waals surface area contributed by atoms with Gasteiger partial charge in [0.1, 0.15) is 28.8 Å². The lowest BCUT2D eigenvalue weighted by atomic mass is 10.2. The Morgan fingerprint density at radius 1 is 1.08 bits per heavy atom. The van der Waals surface area contributed by atoms with E-state index in [-0.39, 0.29) is 16.4 Å². The zero-order chi connectivity index (χ0) is 18.5. The van der Waals surface area contributed by atoms with Crippen molar-refractivity contribution in [2.45, 2.75) is 6.61 Å². The van der Waals surface area contributed by atoms with E-state index in [4.69, 9.17) is 27.9 Å². The summed E-state index contributed by atoms with van der Waals surface area (Å²) in [6.45, 7) is 0.339. The summed E-state index contributed by atoms with van der Waals surface area (Å²) in [6.07, 6.45) is 1.48. The Morgan fingerprint density at radius 3 is 2.58 bits per heavy atom. The summed E-state index contributed by atoms with van der Waals surface area (Å²) >= 11 is 12.6. The minimum absolute atomic E-state index is 0.00948. The van der Waals surface area contributed by atoms with Crippen LogP contribution in [0.15, 0.2) is 60.8 Å². The van der Waals surface area contributed by atoms with E-state index in [1.54, 1.807) is 12.1 Å². The number of aromatic nitrogens is 1. The second kappa shape index (κ2) is 8.08. The van der Waals surface area contributed by atoms with E-state index in [1.807, 2.05) is 30.3 Å². The largest absolute Gasteiger partial charge is 0.487 e. The normalized spacial score (nSPS) is 10.4. The highest BCUT2D eigenvalue weighted by Crippen LogP contribution is 2.39. The van der Waals surface area contributed by atoms with Crippen LogP contribution in [0.3, 0.4) is 0 Å². The number of carboxylic acids is 1. The van der Waals surface area contributed by atoms with Gasteiger partial charge in [-0.1, -0.05) is 53.5 Å². The second-order valence-corrected chi connectivity index (χ2v) is 6.12. The molecule has 0 atom stereocenters. The summed E-state index contributed by atoms with van der Waals surface area (Å²) < 4.78 is 5.77. The van der Waals surface area contributed by atoms with Crippen LogP contribution in [0, 0.1) is 0 Å². The number of carboxylic acid groups (broad SMARTS) is 1. The molecule has 0 saturated carbocycles. The van der Waals surface area contributed by atoms with Crippen LogP contribution in [0.1, 0.15) is 15.9 Å². The van der Waals surface area contributed by atoms with Crippen LogP contribution in [-0.4, -0.2) is 16.1 Å². The van der Waals surface area contributed by atoms with Crippen molar-refractivity contribution in [3.05, 3.63) is 82.0 Å². The first-order chi connectivity index (χ1) is 12.6. The molecule has 3 aromatic rings. The molecule has 1 heterocycles. The van der Waals surface area contributed by atoms with Crippen molar-refractivity contribution in [3.63, 3.8) is 0 Å². The number of ether oxygens (including phenoxy) is 1. The summed E-state index contributed by atoms with van der Waals surface area (Å²) in [5.74, 6) is -0.538. The van der Waals surface area contributed by atoms with Crippen LogP contribution in [0.5, 0.6) is 5.75 Å². The Morgan fingerprint density at radius 2 is 1.85 bits per heavy atom. The van der Waals surface area contributed by atoms with Crippen molar-refractivity contribution in [1.82, 2.24) is 4.98 Å². The number of pyridine rings is 1. The third-order valence-corrected chi connectivity index (χ3v) is 4.26. The molecule has 0 aliphatic heterocycles. The maximum atomic E-state index is 11.3. The van der Waals surface area contributed by atoms with Gasteiger partial charge in [0.15, 0.2) is 0 Å². The molecule has 7 heteroatoms. The lowest BCUT2D eigenvalue weighted by Crippen LogP contribution is -2.05. The number of aromatic carboxylic acids is 1. The van der Waals surface area contributed by atoms with E-state index in [2.05, 4.69) is 10.3 Å². The van der Waals surface area contributed by atoms with Gasteiger partial charge >= 0.3 is 5.97 Å². The lowest BCUT2D eigenvalue weighted by molar-refractivity contribution is 0.0697. The monoisotopic (exact) mass is 388 g/mol. The van der Waals surface area contributed by atoms with Gasteiger partial charge in [0, 0.05) is 6.20 Å². The standard InChI is InChI=1S/C19H14Cl2N2O3/c20-14-8-9-15(26-11-12-5-2-1-3-6-12)16(21)17(14)23-18-13(19(24)25)7-4-10-22-18/h1-10H,11H2,(H,22,23)(H,24,25). The van der Waals surface area contributed by atoms with Gasteiger partial charge in [-0.25, -0.2) is 9.78 Å². The van der Waals surface area contributed by atoms with Crippen LogP contribution in [0.2, 0.25) is 10.0 Å². The molecular weight excluding hydrogens is 375 g/mol. The van der Waals surface area contributed by atoms with Gasteiger partial charge in [0.25, 0.3) is 0 Å². The number of nitrogens with one attached hydrogen (secondary N) is 1. The highest BCUT2D eigenvalue weighted by Gasteiger charge is 2.16. The van der Waals surface area contributed by atoms with Gasteiger partial charge < -0.3 is 15.2 Å². The molecule has 0 amide bonds. The van der Waals surface area contributed by atoms with Crippen LogP contribution in [0.4, 0.5) is 11.5 Å². The predicted molar refractivity (Wildman–Crippen MR) is 102 cm³/mol. The topological polar surface area (TPSA) is 71.5 Å². The zero-order valence-electron chi connectivity index (χ0n) is 13.4. The fraction of sp³-hybridized carbons (Fsp3) is 0.0526. The molecule has 0 spiro atoms.